The maximum absolute atomic E-state index is 11.6. The van der Waals surface area contributed by atoms with E-state index in [0.717, 1.165) is 19.5 Å². The van der Waals surface area contributed by atoms with Gasteiger partial charge in [-0.25, -0.2) is 9.59 Å². The summed E-state index contributed by atoms with van der Waals surface area (Å²) in [4.78, 5) is 24.8. The molecule has 1 aliphatic heterocycles. The van der Waals surface area contributed by atoms with E-state index in [2.05, 4.69) is 15.5 Å². The van der Waals surface area contributed by atoms with Crippen LogP contribution in [0.5, 0.6) is 0 Å². The van der Waals surface area contributed by atoms with Gasteiger partial charge in [-0.1, -0.05) is 0 Å². The number of rotatable bonds is 7. The number of amides is 2. The molecule has 1 saturated heterocycles. The molecule has 0 spiro atoms. The van der Waals surface area contributed by atoms with E-state index in [1.165, 1.54) is 7.11 Å². The average molecular weight is 273 g/mol. The monoisotopic (exact) mass is 273 g/mol. The molecule has 19 heavy (non-hydrogen) atoms. The second-order valence-corrected chi connectivity index (χ2v) is 4.94. The van der Waals surface area contributed by atoms with Crippen molar-refractivity contribution in [3.63, 3.8) is 0 Å². The van der Waals surface area contributed by atoms with Gasteiger partial charge in [0.2, 0.25) is 0 Å². The van der Waals surface area contributed by atoms with E-state index in [1.54, 1.807) is 0 Å². The van der Waals surface area contributed by atoms with Crippen LogP contribution < -0.4 is 10.6 Å². The van der Waals surface area contributed by atoms with Crippen molar-refractivity contribution >= 4 is 12.0 Å². The molecule has 0 aromatic rings. The van der Waals surface area contributed by atoms with Crippen molar-refractivity contribution in [3.8, 4) is 0 Å². The summed E-state index contributed by atoms with van der Waals surface area (Å²) in [6, 6.07) is -1.34. The van der Waals surface area contributed by atoms with Gasteiger partial charge in [0.05, 0.1) is 0 Å². The van der Waals surface area contributed by atoms with Crippen LogP contribution in [0.3, 0.4) is 0 Å². The summed E-state index contributed by atoms with van der Waals surface area (Å²) in [5.41, 5.74) is 0. The van der Waals surface area contributed by atoms with Crippen LogP contribution in [0, 0.1) is 5.92 Å². The third kappa shape index (κ3) is 5.89. The second kappa shape index (κ2) is 7.96. The number of urea groups is 1. The molecule has 2 amide bonds. The molecule has 110 valence electrons. The highest BCUT2D eigenvalue weighted by Crippen LogP contribution is 2.12. The Bertz CT molecular complexity index is 311. The normalized spacial score (nSPS) is 21.1. The van der Waals surface area contributed by atoms with Crippen LogP contribution >= 0.6 is 0 Å². The van der Waals surface area contributed by atoms with Gasteiger partial charge in [-0.2, -0.15) is 0 Å². The molecule has 7 heteroatoms. The van der Waals surface area contributed by atoms with Gasteiger partial charge >= 0.3 is 12.0 Å². The Morgan fingerprint density at radius 1 is 1.53 bits per heavy atom. The van der Waals surface area contributed by atoms with Crippen LogP contribution in [-0.4, -0.2) is 68.4 Å². The minimum atomic E-state index is -1.05. The zero-order valence-electron chi connectivity index (χ0n) is 11.5. The first-order chi connectivity index (χ1) is 9.02. The fourth-order valence-electron chi connectivity index (χ4n) is 2.13. The second-order valence-electron chi connectivity index (χ2n) is 4.94. The summed E-state index contributed by atoms with van der Waals surface area (Å²) in [7, 11) is 3.54. The molecule has 2 atom stereocenters. The highest BCUT2D eigenvalue weighted by atomic mass is 16.5. The number of hydrogen-bond acceptors (Lipinski definition) is 4. The molecule has 0 aliphatic carbocycles. The van der Waals surface area contributed by atoms with Crippen molar-refractivity contribution in [2.75, 3.05) is 40.4 Å². The molecule has 1 rings (SSSR count). The molecule has 1 heterocycles. The molecule has 2 unspecified atom stereocenters. The first-order valence-electron chi connectivity index (χ1n) is 6.47. The van der Waals surface area contributed by atoms with Crippen molar-refractivity contribution in [3.05, 3.63) is 0 Å². The molecule has 0 radical (unpaired) electrons. The number of ether oxygens (including phenoxy) is 1. The standard InChI is InChI=1S/C12H23N3O4/c1-15-5-3-9(8-15)7-13-12(18)14-10(11(16)17)4-6-19-2/h9-10H,3-8H2,1-2H3,(H,16,17)(H2,13,14,18). The number of nitrogens with zero attached hydrogens (tertiary/aromatic N) is 1. The number of hydrogen-bond donors (Lipinski definition) is 3. The summed E-state index contributed by atoms with van der Waals surface area (Å²) in [6.45, 7) is 2.88. The molecular weight excluding hydrogens is 250 g/mol. The number of carbonyl (C=O) groups is 2. The number of methoxy groups -OCH3 is 1. The molecule has 0 aromatic heterocycles. The smallest absolute Gasteiger partial charge is 0.326 e. The minimum Gasteiger partial charge on any atom is -0.480 e. The number of nitrogens with one attached hydrogen (secondary N) is 2. The maximum atomic E-state index is 11.6. The highest BCUT2D eigenvalue weighted by molar-refractivity contribution is 5.82. The molecule has 0 aromatic carbocycles. The number of carbonyl (C=O) groups excluding carboxylic acids is 1. The summed E-state index contributed by atoms with van der Waals surface area (Å²) >= 11 is 0. The first-order valence-corrected chi connectivity index (χ1v) is 6.47. The SMILES string of the molecule is COCCC(NC(=O)NCC1CCN(C)C1)C(=O)O. The number of carboxylic acid groups (broad SMARTS) is 1. The number of carboxylic acids is 1. The summed E-state index contributed by atoms with van der Waals surface area (Å²) in [5, 5.41) is 14.1. The van der Waals surface area contributed by atoms with Gasteiger partial charge in [-0.15, -0.1) is 0 Å². The summed E-state index contributed by atoms with van der Waals surface area (Å²) in [6.07, 6.45) is 1.31. The van der Waals surface area contributed by atoms with Crippen molar-refractivity contribution < 1.29 is 19.4 Å². The molecule has 7 nitrogen and oxygen atoms in total. The Morgan fingerprint density at radius 2 is 2.26 bits per heavy atom. The topological polar surface area (TPSA) is 90.9 Å². The molecule has 0 saturated carbocycles. The minimum absolute atomic E-state index is 0.255. The van der Waals surface area contributed by atoms with Gasteiger partial charge in [-0.3, -0.25) is 0 Å². The Balaban J connectivity index is 2.26. The summed E-state index contributed by atoms with van der Waals surface area (Å²) in [5.74, 6) is -0.606. The van der Waals surface area contributed by atoms with Crippen LogP contribution in [0.1, 0.15) is 12.8 Å². The highest BCUT2D eigenvalue weighted by Gasteiger charge is 2.22. The third-order valence-electron chi connectivity index (χ3n) is 3.25. The van der Waals surface area contributed by atoms with Crippen LogP contribution in [0.2, 0.25) is 0 Å². The van der Waals surface area contributed by atoms with Crippen LogP contribution in [0.15, 0.2) is 0 Å². The zero-order valence-corrected chi connectivity index (χ0v) is 11.5. The lowest BCUT2D eigenvalue weighted by atomic mass is 10.1. The van der Waals surface area contributed by atoms with E-state index in [-0.39, 0.29) is 6.42 Å². The fraction of sp³-hybridized carbons (Fsp3) is 0.833. The van der Waals surface area contributed by atoms with Gasteiger partial charge in [-0.05, 0) is 25.9 Å². The number of aliphatic carboxylic acids is 1. The van der Waals surface area contributed by atoms with E-state index in [1.807, 2.05) is 7.05 Å². The average Bonchev–Trinajstić information content (AvgIpc) is 2.77. The van der Waals surface area contributed by atoms with Crippen LogP contribution in [0.4, 0.5) is 4.79 Å². The van der Waals surface area contributed by atoms with E-state index in [4.69, 9.17) is 9.84 Å². The molecule has 1 aliphatic rings. The fourth-order valence-corrected chi connectivity index (χ4v) is 2.13. The predicted molar refractivity (Wildman–Crippen MR) is 70.1 cm³/mol. The number of likely N-dealkylation sites (tertiary alicyclic amines) is 1. The van der Waals surface area contributed by atoms with Gasteiger partial charge < -0.3 is 25.4 Å². The van der Waals surface area contributed by atoms with Gasteiger partial charge in [0.1, 0.15) is 6.04 Å². The van der Waals surface area contributed by atoms with Crippen molar-refractivity contribution in [1.82, 2.24) is 15.5 Å². The van der Waals surface area contributed by atoms with Gasteiger partial charge in [0.25, 0.3) is 0 Å². The Kier molecular flexibility index (Phi) is 6.58. The lowest BCUT2D eigenvalue weighted by Gasteiger charge is -2.16. The Morgan fingerprint density at radius 3 is 2.79 bits per heavy atom. The zero-order chi connectivity index (χ0) is 14.3. The Labute approximate surface area is 113 Å². The first kappa shape index (κ1) is 15.7. The van der Waals surface area contributed by atoms with Crippen molar-refractivity contribution in [1.29, 1.82) is 0 Å². The Hall–Kier alpha value is -1.34. The van der Waals surface area contributed by atoms with Gasteiger partial charge in [0, 0.05) is 33.2 Å². The summed E-state index contributed by atoms with van der Waals surface area (Å²) < 4.78 is 4.82. The van der Waals surface area contributed by atoms with E-state index in [9.17, 15) is 9.59 Å². The lowest BCUT2D eigenvalue weighted by Crippen LogP contribution is -2.47. The molecule has 0 bridgehead atoms. The van der Waals surface area contributed by atoms with Crippen molar-refractivity contribution in [2.45, 2.75) is 18.9 Å². The predicted octanol–water partition coefficient (Wildman–Crippen LogP) is -0.273. The van der Waals surface area contributed by atoms with Crippen molar-refractivity contribution in [2.24, 2.45) is 5.92 Å². The molecule has 3 N–H and O–H groups in total. The van der Waals surface area contributed by atoms with Gasteiger partial charge in [0.15, 0.2) is 0 Å². The van der Waals surface area contributed by atoms with Crippen LogP contribution in [-0.2, 0) is 9.53 Å². The molecule has 1 fully saturated rings. The van der Waals surface area contributed by atoms with Crippen LogP contribution in [0.25, 0.3) is 0 Å². The lowest BCUT2D eigenvalue weighted by molar-refractivity contribution is -0.139. The quantitative estimate of drug-likeness (QED) is 0.594. The third-order valence-corrected chi connectivity index (χ3v) is 3.25. The van der Waals surface area contributed by atoms with E-state index in [0.29, 0.717) is 19.1 Å². The molecular formula is C12H23N3O4. The van der Waals surface area contributed by atoms with E-state index < -0.39 is 18.0 Å². The van der Waals surface area contributed by atoms with E-state index >= 15 is 0 Å². The largest absolute Gasteiger partial charge is 0.480 e. The maximum Gasteiger partial charge on any atom is 0.326 e.